The maximum absolute atomic E-state index is 12.6. The summed E-state index contributed by atoms with van der Waals surface area (Å²) in [6, 6.07) is 7.11. The first-order valence-electron chi connectivity index (χ1n) is 7.84. The van der Waals surface area contributed by atoms with E-state index in [2.05, 4.69) is 5.32 Å². The predicted octanol–water partition coefficient (Wildman–Crippen LogP) is 1.67. The van der Waals surface area contributed by atoms with Crippen molar-refractivity contribution in [1.82, 2.24) is 9.62 Å². The molecule has 1 aromatic rings. The first-order valence-corrected chi connectivity index (χ1v) is 9.28. The summed E-state index contributed by atoms with van der Waals surface area (Å²) in [7, 11) is -3.42. The second-order valence-corrected chi connectivity index (χ2v) is 8.22. The average molecular weight is 322 g/mol. The first-order chi connectivity index (χ1) is 10.5. The number of nitrogens with one attached hydrogen (secondary N) is 1. The molecule has 1 saturated heterocycles. The Morgan fingerprint density at radius 1 is 1.18 bits per heavy atom. The Labute approximate surface area is 131 Å². The SMILES string of the molecule is Cc1cccc(S(=O)(=O)N2CCC(NC(=O)C3CC3)CC2)c1. The van der Waals surface area contributed by atoms with Gasteiger partial charge in [-0.15, -0.1) is 0 Å². The maximum Gasteiger partial charge on any atom is 0.243 e. The van der Waals surface area contributed by atoms with Gasteiger partial charge in [0.1, 0.15) is 0 Å². The topological polar surface area (TPSA) is 66.5 Å². The van der Waals surface area contributed by atoms with Crippen molar-refractivity contribution in [2.75, 3.05) is 13.1 Å². The van der Waals surface area contributed by atoms with E-state index in [1.807, 2.05) is 13.0 Å². The fourth-order valence-corrected chi connectivity index (χ4v) is 4.40. The number of benzene rings is 1. The lowest BCUT2D eigenvalue weighted by Crippen LogP contribution is -2.46. The Hall–Kier alpha value is -1.40. The highest BCUT2D eigenvalue weighted by atomic mass is 32.2. The summed E-state index contributed by atoms with van der Waals surface area (Å²) >= 11 is 0. The van der Waals surface area contributed by atoms with Crippen molar-refractivity contribution < 1.29 is 13.2 Å². The fourth-order valence-electron chi connectivity index (χ4n) is 2.83. The number of nitrogens with zero attached hydrogens (tertiary/aromatic N) is 1. The van der Waals surface area contributed by atoms with E-state index in [0.717, 1.165) is 18.4 Å². The van der Waals surface area contributed by atoms with Gasteiger partial charge in [-0.1, -0.05) is 12.1 Å². The monoisotopic (exact) mass is 322 g/mol. The summed E-state index contributed by atoms with van der Waals surface area (Å²) in [6.45, 7) is 2.82. The van der Waals surface area contributed by atoms with E-state index >= 15 is 0 Å². The zero-order chi connectivity index (χ0) is 15.7. The molecule has 1 N–H and O–H groups in total. The summed E-state index contributed by atoms with van der Waals surface area (Å²) < 4.78 is 26.8. The van der Waals surface area contributed by atoms with Crippen LogP contribution in [-0.2, 0) is 14.8 Å². The minimum absolute atomic E-state index is 0.108. The lowest BCUT2D eigenvalue weighted by atomic mass is 10.1. The number of aryl methyl sites for hydroxylation is 1. The smallest absolute Gasteiger partial charge is 0.243 e. The zero-order valence-electron chi connectivity index (χ0n) is 12.8. The molecule has 5 nitrogen and oxygen atoms in total. The molecular weight excluding hydrogens is 300 g/mol. The molecule has 1 aliphatic carbocycles. The quantitative estimate of drug-likeness (QED) is 0.917. The number of amides is 1. The van der Waals surface area contributed by atoms with Gasteiger partial charge in [0, 0.05) is 25.0 Å². The van der Waals surface area contributed by atoms with Gasteiger partial charge < -0.3 is 5.32 Å². The number of hydrogen-bond donors (Lipinski definition) is 1. The van der Waals surface area contributed by atoms with Crippen LogP contribution in [0.5, 0.6) is 0 Å². The molecule has 1 amide bonds. The first kappa shape index (κ1) is 15.5. The molecule has 3 rings (SSSR count). The molecule has 0 aromatic heterocycles. The van der Waals surface area contributed by atoms with Crippen LogP contribution in [0.4, 0.5) is 0 Å². The van der Waals surface area contributed by atoms with Gasteiger partial charge in [0.05, 0.1) is 4.90 Å². The summed E-state index contributed by atoms with van der Waals surface area (Å²) in [5.41, 5.74) is 0.938. The second kappa shape index (κ2) is 6.01. The third-order valence-electron chi connectivity index (χ3n) is 4.38. The number of hydrogen-bond acceptors (Lipinski definition) is 3. The van der Waals surface area contributed by atoms with Gasteiger partial charge in [-0.2, -0.15) is 4.31 Å². The summed E-state index contributed by atoms with van der Waals surface area (Å²) in [5, 5.41) is 3.04. The van der Waals surface area contributed by atoms with Gasteiger partial charge in [-0.05, 0) is 50.3 Å². The molecule has 1 saturated carbocycles. The van der Waals surface area contributed by atoms with E-state index in [1.54, 1.807) is 18.2 Å². The van der Waals surface area contributed by atoms with Crippen LogP contribution in [0, 0.1) is 12.8 Å². The number of rotatable bonds is 4. The minimum atomic E-state index is -3.42. The summed E-state index contributed by atoms with van der Waals surface area (Å²) in [4.78, 5) is 12.1. The number of piperidine rings is 1. The van der Waals surface area contributed by atoms with Gasteiger partial charge in [0.25, 0.3) is 0 Å². The lowest BCUT2D eigenvalue weighted by molar-refractivity contribution is -0.123. The normalized spacial score (nSPS) is 20.8. The van der Waals surface area contributed by atoms with E-state index in [1.165, 1.54) is 4.31 Å². The Bertz CT molecular complexity index is 660. The standard InChI is InChI=1S/C16H22N2O3S/c1-12-3-2-4-15(11-12)22(20,21)18-9-7-14(8-10-18)17-16(19)13-5-6-13/h2-4,11,13-14H,5-10H2,1H3,(H,17,19). The fraction of sp³-hybridized carbons (Fsp3) is 0.562. The van der Waals surface area contributed by atoms with Crippen molar-refractivity contribution in [3.63, 3.8) is 0 Å². The molecule has 1 aromatic carbocycles. The molecule has 0 unspecified atom stereocenters. The highest BCUT2D eigenvalue weighted by Crippen LogP contribution is 2.29. The van der Waals surface area contributed by atoms with E-state index in [9.17, 15) is 13.2 Å². The zero-order valence-corrected chi connectivity index (χ0v) is 13.6. The van der Waals surface area contributed by atoms with Crippen LogP contribution in [0.15, 0.2) is 29.2 Å². The van der Waals surface area contributed by atoms with Crippen molar-refractivity contribution in [2.45, 2.75) is 43.5 Å². The van der Waals surface area contributed by atoms with E-state index in [-0.39, 0.29) is 17.9 Å². The van der Waals surface area contributed by atoms with Crippen LogP contribution in [0.25, 0.3) is 0 Å². The van der Waals surface area contributed by atoms with Crippen LogP contribution in [0.1, 0.15) is 31.2 Å². The molecule has 1 heterocycles. The largest absolute Gasteiger partial charge is 0.353 e. The third-order valence-corrected chi connectivity index (χ3v) is 6.27. The van der Waals surface area contributed by atoms with Crippen LogP contribution < -0.4 is 5.32 Å². The van der Waals surface area contributed by atoms with Crippen molar-refractivity contribution in [1.29, 1.82) is 0 Å². The molecule has 0 spiro atoms. The molecule has 0 radical (unpaired) electrons. The molecular formula is C16H22N2O3S. The minimum Gasteiger partial charge on any atom is -0.353 e. The molecule has 2 aliphatic rings. The number of carbonyl (C=O) groups excluding carboxylic acids is 1. The summed E-state index contributed by atoms with van der Waals surface area (Å²) in [6.07, 6.45) is 3.35. The van der Waals surface area contributed by atoms with E-state index < -0.39 is 10.0 Å². The molecule has 2 fully saturated rings. The number of sulfonamides is 1. The Morgan fingerprint density at radius 2 is 1.86 bits per heavy atom. The van der Waals surface area contributed by atoms with Crippen LogP contribution in [0.3, 0.4) is 0 Å². The van der Waals surface area contributed by atoms with Crippen LogP contribution >= 0.6 is 0 Å². The molecule has 0 bridgehead atoms. The van der Waals surface area contributed by atoms with Gasteiger partial charge in [-0.3, -0.25) is 4.79 Å². The predicted molar refractivity (Wildman–Crippen MR) is 83.8 cm³/mol. The van der Waals surface area contributed by atoms with Crippen molar-refractivity contribution in [3.05, 3.63) is 29.8 Å². The van der Waals surface area contributed by atoms with Gasteiger partial charge in [0.2, 0.25) is 15.9 Å². The highest BCUT2D eigenvalue weighted by molar-refractivity contribution is 7.89. The lowest BCUT2D eigenvalue weighted by Gasteiger charge is -2.31. The van der Waals surface area contributed by atoms with Crippen molar-refractivity contribution in [2.24, 2.45) is 5.92 Å². The highest BCUT2D eigenvalue weighted by Gasteiger charge is 2.33. The van der Waals surface area contributed by atoms with E-state index in [4.69, 9.17) is 0 Å². The summed E-state index contributed by atoms with van der Waals surface area (Å²) in [5.74, 6) is 0.342. The Balaban J connectivity index is 1.61. The molecule has 120 valence electrons. The van der Waals surface area contributed by atoms with Crippen molar-refractivity contribution >= 4 is 15.9 Å². The molecule has 22 heavy (non-hydrogen) atoms. The molecule has 1 aliphatic heterocycles. The second-order valence-electron chi connectivity index (χ2n) is 6.28. The van der Waals surface area contributed by atoms with Crippen LogP contribution in [0.2, 0.25) is 0 Å². The molecule has 0 atom stereocenters. The Kier molecular flexibility index (Phi) is 4.23. The maximum atomic E-state index is 12.6. The average Bonchev–Trinajstić information content (AvgIpc) is 3.32. The van der Waals surface area contributed by atoms with E-state index in [0.29, 0.717) is 30.8 Å². The number of carbonyl (C=O) groups is 1. The van der Waals surface area contributed by atoms with Crippen molar-refractivity contribution in [3.8, 4) is 0 Å². The van der Waals surface area contributed by atoms with Gasteiger partial charge >= 0.3 is 0 Å². The van der Waals surface area contributed by atoms with Gasteiger partial charge in [-0.25, -0.2) is 8.42 Å². The Morgan fingerprint density at radius 3 is 2.45 bits per heavy atom. The van der Waals surface area contributed by atoms with Crippen LogP contribution in [-0.4, -0.2) is 37.8 Å². The molecule has 6 heteroatoms. The van der Waals surface area contributed by atoms with Gasteiger partial charge in [0.15, 0.2) is 0 Å². The third kappa shape index (κ3) is 3.33.